The first-order chi connectivity index (χ1) is 16.2. The highest BCUT2D eigenvalue weighted by atomic mass is 16.5. The average Bonchev–Trinajstić information content (AvgIpc) is 3.32. The molecule has 0 bridgehead atoms. The second kappa shape index (κ2) is 9.16. The van der Waals surface area contributed by atoms with E-state index >= 15 is 0 Å². The van der Waals surface area contributed by atoms with Gasteiger partial charge in [0.15, 0.2) is 0 Å². The summed E-state index contributed by atoms with van der Waals surface area (Å²) in [4.78, 5) is 29.3. The van der Waals surface area contributed by atoms with Gasteiger partial charge in [-0.1, -0.05) is 36.4 Å². The number of fused-ring (bicyclic) bond motifs is 1. The van der Waals surface area contributed by atoms with Gasteiger partial charge in [0.2, 0.25) is 5.88 Å². The fourth-order valence-electron chi connectivity index (χ4n) is 4.27. The first-order valence-corrected chi connectivity index (χ1v) is 10.9. The number of ether oxygens (including phenoxy) is 1. The predicted molar refractivity (Wildman–Crippen MR) is 127 cm³/mol. The van der Waals surface area contributed by atoms with Crippen molar-refractivity contribution in [1.82, 2.24) is 19.9 Å². The Morgan fingerprint density at radius 1 is 1.03 bits per heavy atom. The Bertz CT molecular complexity index is 1240. The smallest absolute Gasteiger partial charge is 0.259 e. The molecule has 1 aliphatic heterocycles. The van der Waals surface area contributed by atoms with Gasteiger partial charge in [-0.25, -0.2) is 9.97 Å². The van der Waals surface area contributed by atoms with Gasteiger partial charge < -0.3 is 19.5 Å². The summed E-state index contributed by atoms with van der Waals surface area (Å²) in [6.45, 7) is 2.44. The van der Waals surface area contributed by atoms with Crippen LogP contribution in [0.15, 0.2) is 79.4 Å². The Balaban J connectivity index is 1.52. The third-order valence-electron chi connectivity index (χ3n) is 5.92. The molecular weight excluding hydrogens is 414 g/mol. The Labute approximate surface area is 192 Å². The highest BCUT2D eigenvalue weighted by Crippen LogP contribution is 2.32. The first-order valence-electron chi connectivity index (χ1n) is 10.9. The van der Waals surface area contributed by atoms with Crippen LogP contribution >= 0.6 is 0 Å². The number of benzene rings is 2. The number of aromatic amines is 1. The van der Waals surface area contributed by atoms with Crippen molar-refractivity contribution in [2.24, 2.45) is 0 Å². The number of pyridine rings is 1. The number of imidazole rings is 1. The van der Waals surface area contributed by atoms with Crippen molar-refractivity contribution >= 4 is 11.6 Å². The Morgan fingerprint density at radius 2 is 1.91 bits per heavy atom. The molecule has 166 valence electrons. The van der Waals surface area contributed by atoms with E-state index in [9.17, 15) is 4.79 Å². The number of hydrogen-bond donors (Lipinski definition) is 1. The van der Waals surface area contributed by atoms with E-state index in [4.69, 9.17) is 4.74 Å². The molecule has 0 atom stereocenters. The lowest BCUT2D eigenvalue weighted by Crippen LogP contribution is -2.35. The van der Waals surface area contributed by atoms with Crippen LogP contribution in [-0.2, 0) is 13.1 Å². The Morgan fingerprint density at radius 3 is 2.70 bits per heavy atom. The van der Waals surface area contributed by atoms with Gasteiger partial charge in [-0.15, -0.1) is 0 Å². The SMILES string of the molecule is COc1ncccc1C(=O)N1CCN(Cc2c[nH]cn2)c2ccc(-c3ccccc3)cc2C1. The summed E-state index contributed by atoms with van der Waals surface area (Å²) in [6, 6.07) is 20.3. The predicted octanol–water partition coefficient (Wildman–Crippen LogP) is 4.14. The minimum Gasteiger partial charge on any atom is -0.480 e. The average molecular weight is 440 g/mol. The van der Waals surface area contributed by atoms with E-state index in [0.29, 0.717) is 37.6 Å². The lowest BCUT2D eigenvalue weighted by atomic mass is 10.0. The number of methoxy groups -OCH3 is 1. The van der Waals surface area contributed by atoms with Gasteiger partial charge in [0.1, 0.15) is 5.56 Å². The van der Waals surface area contributed by atoms with Gasteiger partial charge in [0.25, 0.3) is 5.91 Å². The minimum absolute atomic E-state index is 0.0855. The molecule has 3 heterocycles. The second-order valence-electron chi connectivity index (χ2n) is 7.98. The molecule has 2 aromatic carbocycles. The maximum atomic E-state index is 13.5. The molecule has 2 aromatic heterocycles. The van der Waals surface area contributed by atoms with Crippen LogP contribution in [0, 0.1) is 0 Å². The van der Waals surface area contributed by atoms with Crippen molar-refractivity contribution in [3.63, 3.8) is 0 Å². The summed E-state index contributed by atoms with van der Waals surface area (Å²) in [5.41, 5.74) is 5.92. The van der Waals surface area contributed by atoms with E-state index in [2.05, 4.69) is 50.2 Å². The van der Waals surface area contributed by atoms with E-state index < -0.39 is 0 Å². The number of amides is 1. The van der Waals surface area contributed by atoms with Crippen LogP contribution in [-0.4, -0.2) is 46.0 Å². The lowest BCUT2D eigenvalue weighted by Gasteiger charge is -2.24. The van der Waals surface area contributed by atoms with Crippen LogP contribution in [0.5, 0.6) is 5.88 Å². The van der Waals surface area contributed by atoms with Crippen molar-refractivity contribution in [1.29, 1.82) is 0 Å². The van der Waals surface area contributed by atoms with Crippen molar-refractivity contribution in [2.45, 2.75) is 13.1 Å². The lowest BCUT2D eigenvalue weighted by molar-refractivity contribution is 0.0747. The summed E-state index contributed by atoms with van der Waals surface area (Å²) < 4.78 is 5.35. The number of aromatic nitrogens is 3. The number of hydrogen-bond acceptors (Lipinski definition) is 5. The maximum Gasteiger partial charge on any atom is 0.259 e. The molecule has 1 aliphatic rings. The van der Waals surface area contributed by atoms with Crippen LogP contribution in [0.1, 0.15) is 21.6 Å². The zero-order valence-electron chi connectivity index (χ0n) is 18.4. The van der Waals surface area contributed by atoms with E-state index in [1.807, 2.05) is 29.3 Å². The molecule has 7 nitrogen and oxygen atoms in total. The second-order valence-corrected chi connectivity index (χ2v) is 7.98. The fraction of sp³-hybridized carbons (Fsp3) is 0.192. The molecule has 0 spiro atoms. The number of anilines is 1. The highest BCUT2D eigenvalue weighted by molar-refractivity contribution is 5.96. The van der Waals surface area contributed by atoms with E-state index in [0.717, 1.165) is 28.1 Å². The van der Waals surface area contributed by atoms with Crippen LogP contribution in [0.25, 0.3) is 11.1 Å². The molecule has 1 N–H and O–H groups in total. The van der Waals surface area contributed by atoms with Crippen LogP contribution in [0.4, 0.5) is 5.69 Å². The van der Waals surface area contributed by atoms with Gasteiger partial charge >= 0.3 is 0 Å². The number of rotatable bonds is 5. The molecule has 0 saturated heterocycles. The molecule has 7 heteroatoms. The summed E-state index contributed by atoms with van der Waals surface area (Å²) in [7, 11) is 1.54. The summed E-state index contributed by atoms with van der Waals surface area (Å²) >= 11 is 0. The topological polar surface area (TPSA) is 74.3 Å². The minimum atomic E-state index is -0.0855. The number of carbonyl (C=O) groups excluding carboxylic acids is 1. The standard InChI is InChI=1S/C26H25N5O2/c1-33-25-23(8-5-11-28-25)26(32)31-13-12-30(17-22-15-27-18-29-22)24-10-9-20(14-21(24)16-31)19-6-3-2-4-7-19/h2-11,14-15,18H,12-13,16-17H2,1H3,(H,27,29). The molecule has 33 heavy (non-hydrogen) atoms. The van der Waals surface area contributed by atoms with Crippen molar-refractivity contribution in [3.8, 4) is 17.0 Å². The Hall–Kier alpha value is -4.13. The van der Waals surface area contributed by atoms with Gasteiger partial charge in [-0.2, -0.15) is 0 Å². The monoisotopic (exact) mass is 439 g/mol. The van der Waals surface area contributed by atoms with Gasteiger partial charge in [0, 0.05) is 37.7 Å². The molecule has 0 saturated carbocycles. The van der Waals surface area contributed by atoms with Crippen LogP contribution < -0.4 is 9.64 Å². The van der Waals surface area contributed by atoms with Crippen molar-refractivity contribution in [2.75, 3.05) is 25.1 Å². The van der Waals surface area contributed by atoms with Crippen LogP contribution in [0.2, 0.25) is 0 Å². The zero-order valence-corrected chi connectivity index (χ0v) is 18.4. The van der Waals surface area contributed by atoms with E-state index in [1.54, 1.807) is 24.7 Å². The normalized spacial score (nSPS) is 13.4. The van der Waals surface area contributed by atoms with Gasteiger partial charge in [-0.3, -0.25) is 4.79 Å². The third kappa shape index (κ3) is 4.30. The molecule has 0 radical (unpaired) electrons. The van der Waals surface area contributed by atoms with E-state index in [1.165, 1.54) is 7.11 Å². The molecule has 0 fully saturated rings. The summed E-state index contributed by atoms with van der Waals surface area (Å²) in [5.74, 6) is 0.260. The fourth-order valence-corrected chi connectivity index (χ4v) is 4.27. The number of nitrogens with zero attached hydrogens (tertiary/aromatic N) is 4. The Kier molecular flexibility index (Phi) is 5.76. The molecule has 0 aliphatic carbocycles. The van der Waals surface area contributed by atoms with Gasteiger partial charge in [0.05, 0.1) is 25.7 Å². The van der Waals surface area contributed by atoms with Gasteiger partial charge in [-0.05, 0) is 41.0 Å². The molecular formula is C26H25N5O2. The zero-order chi connectivity index (χ0) is 22.6. The first kappa shape index (κ1) is 20.8. The van der Waals surface area contributed by atoms with Crippen molar-refractivity contribution < 1.29 is 9.53 Å². The number of carbonyl (C=O) groups is 1. The van der Waals surface area contributed by atoms with E-state index in [-0.39, 0.29) is 5.91 Å². The summed E-state index contributed by atoms with van der Waals surface area (Å²) in [5, 5.41) is 0. The van der Waals surface area contributed by atoms with Crippen LogP contribution in [0.3, 0.4) is 0 Å². The number of H-pyrrole nitrogens is 1. The highest BCUT2D eigenvalue weighted by Gasteiger charge is 2.26. The molecule has 4 aromatic rings. The number of nitrogens with one attached hydrogen (secondary N) is 1. The summed E-state index contributed by atoms with van der Waals surface area (Å²) in [6.07, 6.45) is 5.23. The molecule has 1 amide bonds. The quantitative estimate of drug-likeness (QED) is 0.506. The molecule has 0 unspecified atom stereocenters. The third-order valence-corrected chi connectivity index (χ3v) is 5.92. The molecule has 5 rings (SSSR count). The maximum absolute atomic E-state index is 13.5. The van der Waals surface area contributed by atoms with Crippen molar-refractivity contribution in [3.05, 3.63) is 96.2 Å². The largest absolute Gasteiger partial charge is 0.480 e.